The van der Waals surface area contributed by atoms with Gasteiger partial charge in [0.15, 0.2) is 5.79 Å². The van der Waals surface area contributed by atoms with E-state index in [0.717, 1.165) is 5.69 Å². The summed E-state index contributed by atoms with van der Waals surface area (Å²) in [6, 6.07) is 7.53. The highest BCUT2D eigenvalue weighted by Crippen LogP contribution is 2.34. The van der Waals surface area contributed by atoms with Crippen molar-refractivity contribution in [2.45, 2.75) is 44.5 Å². The van der Waals surface area contributed by atoms with Crippen LogP contribution >= 0.6 is 0 Å². The Morgan fingerprint density at radius 3 is 2.48 bits per heavy atom. The molecule has 7 nitrogen and oxygen atoms in total. The smallest absolute Gasteiger partial charge is 0.227 e. The SMILES string of the molecule is C[C@@H]1CN(C(=O)CCC(=O)N2CCC3(CC2)OCCO3)c2ccccc2O1. The number of nitrogens with zero attached hydrogens (tertiary/aromatic N) is 2. The van der Waals surface area contributed by atoms with Gasteiger partial charge in [0.05, 0.1) is 25.4 Å². The molecule has 0 radical (unpaired) electrons. The Kier molecular flexibility index (Phi) is 5.06. The third kappa shape index (κ3) is 3.80. The van der Waals surface area contributed by atoms with E-state index in [9.17, 15) is 9.59 Å². The maximum Gasteiger partial charge on any atom is 0.227 e. The zero-order valence-corrected chi connectivity index (χ0v) is 15.7. The van der Waals surface area contributed by atoms with Crippen molar-refractivity contribution >= 4 is 17.5 Å². The summed E-state index contributed by atoms with van der Waals surface area (Å²) in [5.74, 6) is 0.210. The normalized spacial score (nSPS) is 23.8. The van der Waals surface area contributed by atoms with E-state index in [1.54, 1.807) is 4.90 Å². The van der Waals surface area contributed by atoms with Crippen molar-refractivity contribution in [3.8, 4) is 5.75 Å². The predicted octanol–water partition coefficient (Wildman–Crippen LogP) is 1.95. The van der Waals surface area contributed by atoms with Crippen molar-refractivity contribution in [2.24, 2.45) is 0 Å². The lowest BCUT2D eigenvalue weighted by Crippen LogP contribution is -2.47. The Morgan fingerprint density at radius 2 is 1.74 bits per heavy atom. The van der Waals surface area contributed by atoms with Gasteiger partial charge in [-0.3, -0.25) is 9.59 Å². The number of carbonyl (C=O) groups is 2. The van der Waals surface area contributed by atoms with Crippen molar-refractivity contribution < 1.29 is 23.8 Å². The van der Waals surface area contributed by atoms with Crippen LogP contribution in [-0.4, -0.2) is 61.5 Å². The Morgan fingerprint density at radius 1 is 1.07 bits per heavy atom. The molecular weight excluding hydrogens is 348 g/mol. The minimum absolute atomic E-state index is 0.0192. The summed E-state index contributed by atoms with van der Waals surface area (Å²) in [4.78, 5) is 28.9. The van der Waals surface area contributed by atoms with E-state index < -0.39 is 5.79 Å². The number of hydrogen-bond acceptors (Lipinski definition) is 5. The van der Waals surface area contributed by atoms with Crippen LogP contribution in [0.5, 0.6) is 5.75 Å². The molecule has 2 amide bonds. The molecule has 3 aliphatic rings. The van der Waals surface area contributed by atoms with E-state index >= 15 is 0 Å². The minimum Gasteiger partial charge on any atom is -0.487 e. The molecule has 1 spiro atoms. The Balaban J connectivity index is 1.31. The summed E-state index contributed by atoms with van der Waals surface area (Å²) in [7, 11) is 0. The van der Waals surface area contributed by atoms with Crippen LogP contribution < -0.4 is 9.64 Å². The number of benzene rings is 1. The number of carbonyl (C=O) groups excluding carboxylic acids is 2. The Hall–Kier alpha value is -2.12. The molecule has 1 atom stereocenters. The van der Waals surface area contributed by atoms with Gasteiger partial charge in [-0.1, -0.05) is 12.1 Å². The number of para-hydroxylation sites is 2. The number of piperidine rings is 1. The summed E-state index contributed by atoms with van der Waals surface area (Å²) in [5.41, 5.74) is 0.781. The second kappa shape index (κ2) is 7.48. The second-order valence-electron chi connectivity index (χ2n) is 7.39. The zero-order valence-electron chi connectivity index (χ0n) is 15.7. The average molecular weight is 374 g/mol. The monoisotopic (exact) mass is 374 g/mol. The first-order valence-electron chi connectivity index (χ1n) is 9.68. The van der Waals surface area contributed by atoms with Gasteiger partial charge in [-0.25, -0.2) is 0 Å². The number of amides is 2. The summed E-state index contributed by atoms with van der Waals surface area (Å²) >= 11 is 0. The topological polar surface area (TPSA) is 68.3 Å². The fraction of sp³-hybridized carbons (Fsp3) is 0.600. The van der Waals surface area contributed by atoms with Crippen molar-refractivity contribution in [3.05, 3.63) is 24.3 Å². The summed E-state index contributed by atoms with van der Waals surface area (Å²) in [6.07, 6.45) is 1.75. The second-order valence-corrected chi connectivity index (χ2v) is 7.39. The first kappa shape index (κ1) is 18.3. The Labute approximate surface area is 159 Å². The molecular formula is C20H26N2O5. The van der Waals surface area contributed by atoms with Crippen molar-refractivity contribution in [1.82, 2.24) is 4.90 Å². The van der Waals surface area contributed by atoms with E-state index in [0.29, 0.717) is 51.4 Å². The van der Waals surface area contributed by atoms with E-state index in [2.05, 4.69) is 0 Å². The lowest BCUT2D eigenvalue weighted by Gasteiger charge is -2.37. The number of anilines is 1. The number of ether oxygens (including phenoxy) is 3. The van der Waals surface area contributed by atoms with Gasteiger partial charge in [-0.05, 0) is 19.1 Å². The maximum atomic E-state index is 12.8. The third-order valence-corrected chi connectivity index (χ3v) is 5.47. The van der Waals surface area contributed by atoms with Crippen LogP contribution in [0.25, 0.3) is 0 Å². The van der Waals surface area contributed by atoms with E-state index in [-0.39, 0.29) is 30.8 Å². The van der Waals surface area contributed by atoms with Crippen LogP contribution in [0, 0.1) is 0 Å². The molecule has 3 aliphatic heterocycles. The van der Waals surface area contributed by atoms with Gasteiger partial charge >= 0.3 is 0 Å². The van der Waals surface area contributed by atoms with E-state index in [4.69, 9.17) is 14.2 Å². The van der Waals surface area contributed by atoms with Crippen LogP contribution in [-0.2, 0) is 19.1 Å². The highest BCUT2D eigenvalue weighted by Gasteiger charge is 2.40. The van der Waals surface area contributed by atoms with Crippen LogP contribution in [0.4, 0.5) is 5.69 Å². The molecule has 0 aromatic heterocycles. The van der Waals surface area contributed by atoms with Crippen LogP contribution in [0.3, 0.4) is 0 Å². The average Bonchev–Trinajstić information content (AvgIpc) is 3.13. The Bertz CT molecular complexity index is 706. The van der Waals surface area contributed by atoms with Gasteiger partial charge in [0.25, 0.3) is 0 Å². The highest BCUT2D eigenvalue weighted by molar-refractivity contribution is 5.97. The molecule has 1 aromatic rings. The van der Waals surface area contributed by atoms with Gasteiger partial charge in [0.2, 0.25) is 11.8 Å². The van der Waals surface area contributed by atoms with Gasteiger partial charge < -0.3 is 24.0 Å². The number of hydrogen-bond donors (Lipinski definition) is 0. The molecule has 0 unspecified atom stereocenters. The lowest BCUT2D eigenvalue weighted by molar-refractivity contribution is -0.187. The molecule has 0 aliphatic carbocycles. The molecule has 2 fully saturated rings. The van der Waals surface area contributed by atoms with Gasteiger partial charge in [0.1, 0.15) is 11.9 Å². The van der Waals surface area contributed by atoms with Crippen molar-refractivity contribution in [1.29, 1.82) is 0 Å². The largest absolute Gasteiger partial charge is 0.487 e. The zero-order chi connectivity index (χ0) is 18.9. The lowest BCUT2D eigenvalue weighted by atomic mass is 10.0. The fourth-order valence-electron chi connectivity index (χ4n) is 4.01. The molecule has 4 rings (SSSR count). The highest BCUT2D eigenvalue weighted by atomic mass is 16.7. The van der Waals surface area contributed by atoms with Crippen molar-refractivity contribution in [2.75, 3.05) is 37.7 Å². The van der Waals surface area contributed by atoms with Crippen LogP contribution in [0.2, 0.25) is 0 Å². The van der Waals surface area contributed by atoms with E-state index in [1.165, 1.54) is 0 Å². The molecule has 3 heterocycles. The first-order chi connectivity index (χ1) is 13.1. The molecule has 1 aromatic carbocycles. The number of rotatable bonds is 3. The summed E-state index contributed by atoms with van der Waals surface area (Å²) in [6.45, 7) is 4.93. The van der Waals surface area contributed by atoms with Crippen LogP contribution in [0.1, 0.15) is 32.6 Å². The van der Waals surface area contributed by atoms with Crippen molar-refractivity contribution in [3.63, 3.8) is 0 Å². The quantitative estimate of drug-likeness (QED) is 0.809. The van der Waals surface area contributed by atoms with Gasteiger partial charge in [-0.2, -0.15) is 0 Å². The summed E-state index contributed by atoms with van der Waals surface area (Å²) < 4.78 is 17.2. The van der Waals surface area contributed by atoms with Gasteiger partial charge in [-0.15, -0.1) is 0 Å². The number of fused-ring (bicyclic) bond motifs is 1. The van der Waals surface area contributed by atoms with Crippen LogP contribution in [0.15, 0.2) is 24.3 Å². The summed E-state index contributed by atoms with van der Waals surface area (Å²) in [5, 5.41) is 0. The maximum absolute atomic E-state index is 12.8. The third-order valence-electron chi connectivity index (χ3n) is 5.47. The van der Waals surface area contributed by atoms with E-state index in [1.807, 2.05) is 36.1 Å². The molecule has 2 saturated heterocycles. The standard InChI is InChI=1S/C20H26N2O5/c1-15-14-22(16-4-2-3-5-17(16)27-15)19(24)7-6-18(23)21-10-8-20(9-11-21)25-12-13-26-20/h2-5,15H,6-14H2,1H3/t15-/m1/s1. The molecule has 27 heavy (non-hydrogen) atoms. The molecule has 7 heteroatoms. The number of likely N-dealkylation sites (tertiary alicyclic amines) is 1. The molecule has 146 valence electrons. The fourth-order valence-corrected chi connectivity index (χ4v) is 4.01. The van der Waals surface area contributed by atoms with Gasteiger partial charge in [0, 0.05) is 38.8 Å². The molecule has 0 N–H and O–H groups in total. The molecule has 0 bridgehead atoms. The molecule has 0 saturated carbocycles. The predicted molar refractivity (Wildman–Crippen MR) is 98.6 cm³/mol. The minimum atomic E-state index is -0.486. The first-order valence-corrected chi connectivity index (χ1v) is 9.68.